The molecule has 4 aromatic rings. The molecule has 4 aromatic carbocycles. The minimum Gasteiger partial charge on any atom is -0.489 e. The molecule has 0 aromatic heterocycles. The lowest BCUT2D eigenvalue weighted by Gasteiger charge is -2.13. The highest BCUT2D eigenvalue weighted by Gasteiger charge is 2.16. The monoisotopic (exact) mass is 552 g/mol. The van der Waals surface area contributed by atoms with Crippen LogP contribution in [0.15, 0.2) is 114 Å². The van der Waals surface area contributed by atoms with Gasteiger partial charge in [-0.05, 0) is 59.2 Å². The lowest BCUT2D eigenvalue weighted by atomic mass is 10.1. The average Bonchev–Trinajstić information content (AvgIpc) is 2.97. The molecule has 0 aliphatic carbocycles. The molecule has 0 bridgehead atoms. The summed E-state index contributed by atoms with van der Waals surface area (Å²) in [7, 11) is 3.88. The van der Waals surface area contributed by atoms with Crippen LogP contribution >= 0.6 is 11.6 Å². The molecule has 0 saturated heterocycles. The van der Waals surface area contributed by atoms with Crippen molar-refractivity contribution in [3.05, 3.63) is 136 Å². The van der Waals surface area contributed by atoms with Crippen LogP contribution in [0.3, 0.4) is 0 Å². The largest absolute Gasteiger partial charge is 0.489 e. The van der Waals surface area contributed by atoms with Crippen molar-refractivity contribution in [2.75, 3.05) is 19.0 Å². The standard InChI is InChI=1S/C32H29ClN4O3/c1-37(2)26-17-15-23(16-18-26)20-30(35-31(38)28-13-6-7-14-29(28)33)32(39)36-34-21-25-11-8-12-27(19-25)40-22-24-9-4-3-5-10-24/h3-21H,22H2,1-2H3,(H,35,38)(H,36,39)/b30-20+,34-21-. The summed E-state index contributed by atoms with van der Waals surface area (Å²) in [5.74, 6) is -0.429. The van der Waals surface area contributed by atoms with Crippen molar-refractivity contribution in [1.82, 2.24) is 10.7 Å². The van der Waals surface area contributed by atoms with Crippen LogP contribution in [0.1, 0.15) is 27.0 Å². The quantitative estimate of drug-likeness (QED) is 0.146. The molecular weight excluding hydrogens is 524 g/mol. The third-order valence-electron chi connectivity index (χ3n) is 5.82. The van der Waals surface area contributed by atoms with Crippen molar-refractivity contribution >= 4 is 41.4 Å². The van der Waals surface area contributed by atoms with Gasteiger partial charge in [-0.25, -0.2) is 5.43 Å². The molecule has 8 heteroatoms. The highest BCUT2D eigenvalue weighted by atomic mass is 35.5. The van der Waals surface area contributed by atoms with E-state index in [2.05, 4.69) is 15.8 Å². The fourth-order valence-electron chi connectivity index (χ4n) is 3.68. The smallest absolute Gasteiger partial charge is 0.287 e. The van der Waals surface area contributed by atoms with Gasteiger partial charge in [-0.1, -0.05) is 78.3 Å². The van der Waals surface area contributed by atoms with Gasteiger partial charge >= 0.3 is 0 Å². The second kappa shape index (κ2) is 13.8. The number of nitrogens with one attached hydrogen (secondary N) is 2. The summed E-state index contributed by atoms with van der Waals surface area (Å²) >= 11 is 6.19. The van der Waals surface area contributed by atoms with Crippen LogP contribution in [0.4, 0.5) is 5.69 Å². The van der Waals surface area contributed by atoms with E-state index in [0.29, 0.717) is 12.4 Å². The Kier molecular flexibility index (Phi) is 9.69. The summed E-state index contributed by atoms with van der Waals surface area (Å²) in [5.41, 5.74) is 6.28. The first kappa shape index (κ1) is 28.1. The zero-order valence-electron chi connectivity index (χ0n) is 22.2. The Balaban J connectivity index is 1.48. The third-order valence-corrected chi connectivity index (χ3v) is 6.15. The van der Waals surface area contributed by atoms with E-state index in [1.807, 2.05) is 97.9 Å². The van der Waals surface area contributed by atoms with Crippen molar-refractivity contribution in [2.24, 2.45) is 5.10 Å². The van der Waals surface area contributed by atoms with Gasteiger partial charge in [0.05, 0.1) is 16.8 Å². The van der Waals surface area contributed by atoms with Crippen molar-refractivity contribution in [3.8, 4) is 5.75 Å². The summed E-state index contributed by atoms with van der Waals surface area (Å²) in [6.07, 6.45) is 3.09. The second-order valence-corrected chi connectivity index (χ2v) is 9.43. The average molecular weight is 553 g/mol. The van der Waals surface area contributed by atoms with Gasteiger partial charge in [-0.15, -0.1) is 0 Å². The number of carbonyl (C=O) groups excluding carboxylic acids is 2. The molecule has 2 amide bonds. The molecule has 0 spiro atoms. The molecule has 40 heavy (non-hydrogen) atoms. The summed E-state index contributed by atoms with van der Waals surface area (Å²) in [6.45, 7) is 0.437. The van der Waals surface area contributed by atoms with Crippen molar-refractivity contribution in [3.63, 3.8) is 0 Å². The summed E-state index contributed by atoms with van der Waals surface area (Å²) < 4.78 is 5.86. The van der Waals surface area contributed by atoms with Crippen LogP contribution < -0.4 is 20.4 Å². The predicted molar refractivity (Wildman–Crippen MR) is 161 cm³/mol. The Hall–Kier alpha value is -4.88. The molecule has 0 radical (unpaired) electrons. The minimum absolute atomic E-state index is 0.0135. The van der Waals surface area contributed by atoms with Crippen molar-refractivity contribution in [1.29, 1.82) is 0 Å². The number of hydrogen-bond donors (Lipinski definition) is 2. The number of rotatable bonds is 10. The number of anilines is 1. The molecule has 4 rings (SSSR count). The van der Waals surface area contributed by atoms with E-state index < -0.39 is 11.8 Å². The first-order valence-electron chi connectivity index (χ1n) is 12.5. The number of benzene rings is 4. The van der Waals surface area contributed by atoms with Crippen LogP contribution in [-0.4, -0.2) is 32.1 Å². The Morgan fingerprint density at radius 3 is 2.33 bits per heavy atom. The summed E-state index contributed by atoms with van der Waals surface area (Å²) in [5, 5.41) is 7.04. The Morgan fingerprint density at radius 2 is 1.60 bits per heavy atom. The molecule has 0 aliphatic rings. The maximum Gasteiger partial charge on any atom is 0.287 e. The van der Waals surface area contributed by atoms with Crippen molar-refractivity contribution in [2.45, 2.75) is 6.61 Å². The van der Waals surface area contributed by atoms with Crippen LogP contribution in [0.25, 0.3) is 6.08 Å². The van der Waals surface area contributed by atoms with Crippen LogP contribution in [0.2, 0.25) is 5.02 Å². The maximum atomic E-state index is 13.1. The van der Waals surface area contributed by atoms with Crippen LogP contribution in [0.5, 0.6) is 5.75 Å². The molecule has 0 fully saturated rings. The number of amides is 2. The molecule has 0 heterocycles. The fraction of sp³-hybridized carbons (Fsp3) is 0.0938. The maximum absolute atomic E-state index is 13.1. The molecule has 0 atom stereocenters. The molecule has 0 unspecified atom stereocenters. The lowest BCUT2D eigenvalue weighted by Crippen LogP contribution is -2.33. The second-order valence-electron chi connectivity index (χ2n) is 9.02. The molecule has 202 valence electrons. The Bertz CT molecular complexity index is 1520. The topological polar surface area (TPSA) is 83.0 Å². The van der Waals surface area contributed by atoms with Gasteiger partial charge in [0.2, 0.25) is 0 Å². The molecular formula is C32H29ClN4O3. The van der Waals surface area contributed by atoms with E-state index in [1.54, 1.807) is 30.3 Å². The van der Waals surface area contributed by atoms with E-state index in [9.17, 15) is 9.59 Å². The van der Waals surface area contributed by atoms with Gasteiger partial charge in [0.15, 0.2) is 0 Å². The first-order chi connectivity index (χ1) is 19.4. The zero-order chi connectivity index (χ0) is 28.3. The Morgan fingerprint density at radius 1 is 0.875 bits per heavy atom. The SMILES string of the molecule is CN(C)c1ccc(/C=C(/NC(=O)c2ccccc2Cl)C(=O)N/N=C\c2cccc(OCc3ccccc3)c2)cc1. The van der Waals surface area contributed by atoms with E-state index in [1.165, 1.54) is 6.21 Å². The molecule has 7 nitrogen and oxygen atoms in total. The normalized spacial score (nSPS) is 11.2. The molecule has 0 saturated carbocycles. The lowest BCUT2D eigenvalue weighted by molar-refractivity contribution is -0.117. The van der Waals surface area contributed by atoms with Gasteiger partial charge < -0.3 is 15.0 Å². The number of ether oxygens (including phenoxy) is 1. The van der Waals surface area contributed by atoms with E-state index in [-0.39, 0.29) is 16.3 Å². The highest BCUT2D eigenvalue weighted by Crippen LogP contribution is 2.18. The fourth-order valence-corrected chi connectivity index (χ4v) is 3.90. The van der Waals surface area contributed by atoms with Crippen LogP contribution in [0, 0.1) is 0 Å². The van der Waals surface area contributed by atoms with Gasteiger partial charge in [0, 0.05) is 19.8 Å². The third kappa shape index (κ3) is 8.06. The van der Waals surface area contributed by atoms with E-state index in [0.717, 1.165) is 22.4 Å². The summed E-state index contributed by atoms with van der Waals surface area (Å²) in [4.78, 5) is 28.0. The highest BCUT2D eigenvalue weighted by molar-refractivity contribution is 6.34. The van der Waals surface area contributed by atoms with E-state index in [4.69, 9.17) is 16.3 Å². The van der Waals surface area contributed by atoms with Gasteiger partial charge in [0.1, 0.15) is 18.1 Å². The first-order valence-corrected chi connectivity index (χ1v) is 12.9. The minimum atomic E-state index is -0.593. The Labute approximate surface area is 238 Å². The van der Waals surface area contributed by atoms with Gasteiger partial charge in [0.25, 0.3) is 11.8 Å². The molecule has 0 aliphatic heterocycles. The predicted octanol–water partition coefficient (Wildman–Crippen LogP) is 5.91. The van der Waals surface area contributed by atoms with Gasteiger partial charge in [-0.3, -0.25) is 9.59 Å². The number of carbonyl (C=O) groups is 2. The van der Waals surface area contributed by atoms with Crippen LogP contribution in [-0.2, 0) is 11.4 Å². The van der Waals surface area contributed by atoms with Gasteiger partial charge in [-0.2, -0.15) is 5.10 Å². The molecule has 2 N–H and O–H groups in total. The van der Waals surface area contributed by atoms with Crippen molar-refractivity contribution < 1.29 is 14.3 Å². The number of hydrazone groups is 1. The zero-order valence-corrected chi connectivity index (χ0v) is 22.9. The number of halogens is 1. The van der Waals surface area contributed by atoms with E-state index >= 15 is 0 Å². The number of nitrogens with zero attached hydrogens (tertiary/aromatic N) is 2. The summed E-state index contributed by atoms with van der Waals surface area (Å²) in [6, 6.07) is 31.4. The number of hydrogen-bond acceptors (Lipinski definition) is 5.